The maximum Gasteiger partial charge on any atom is 0.255 e. The molecule has 0 aliphatic rings. The minimum absolute atomic E-state index is 0.185. The molecular formula is C22H22ClNO5. The van der Waals surface area contributed by atoms with E-state index in [9.17, 15) is 9.90 Å². The highest BCUT2D eigenvalue weighted by atomic mass is 35.5. The number of hydrogen-bond donors (Lipinski definition) is 2. The average Bonchev–Trinajstić information content (AvgIpc) is 3.19. The zero-order valence-electron chi connectivity index (χ0n) is 16.2. The molecule has 7 heteroatoms. The Morgan fingerprint density at radius 3 is 2.31 bits per heavy atom. The summed E-state index contributed by atoms with van der Waals surface area (Å²) in [7, 11) is 0. The second kappa shape index (κ2) is 9.49. The summed E-state index contributed by atoms with van der Waals surface area (Å²) in [6, 6.07) is 13.7. The molecule has 1 amide bonds. The van der Waals surface area contributed by atoms with E-state index in [4.69, 9.17) is 25.5 Å². The predicted octanol–water partition coefficient (Wildman–Crippen LogP) is 5.14. The Bertz CT molecular complexity index is 974. The van der Waals surface area contributed by atoms with Crippen LogP contribution in [0.3, 0.4) is 0 Å². The minimum atomic E-state index is -0.345. The quantitative estimate of drug-likeness (QED) is 0.532. The molecule has 0 spiro atoms. The molecule has 0 saturated carbocycles. The van der Waals surface area contributed by atoms with E-state index < -0.39 is 0 Å². The predicted molar refractivity (Wildman–Crippen MR) is 112 cm³/mol. The Morgan fingerprint density at radius 1 is 1.03 bits per heavy atom. The van der Waals surface area contributed by atoms with Gasteiger partial charge in [-0.25, -0.2) is 0 Å². The van der Waals surface area contributed by atoms with Crippen LogP contribution in [0.5, 0.6) is 11.5 Å². The van der Waals surface area contributed by atoms with Gasteiger partial charge in [-0.2, -0.15) is 0 Å². The Morgan fingerprint density at radius 2 is 1.72 bits per heavy atom. The fourth-order valence-electron chi connectivity index (χ4n) is 2.79. The van der Waals surface area contributed by atoms with Gasteiger partial charge in [0.2, 0.25) is 0 Å². The van der Waals surface area contributed by atoms with Gasteiger partial charge < -0.3 is 24.3 Å². The third-order valence-electron chi connectivity index (χ3n) is 4.08. The number of aliphatic hydroxyl groups is 1. The lowest BCUT2D eigenvalue weighted by molar-refractivity contribution is 0.102. The van der Waals surface area contributed by atoms with Crippen LogP contribution in [0.25, 0.3) is 11.3 Å². The van der Waals surface area contributed by atoms with Crippen LogP contribution in [0.2, 0.25) is 5.02 Å². The number of carbonyl (C=O) groups is 1. The highest BCUT2D eigenvalue weighted by Gasteiger charge is 2.14. The number of furan rings is 1. The van der Waals surface area contributed by atoms with E-state index in [1.807, 2.05) is 13.8 Å². The summed E-state index contributed by atoms with van der Waals surface area (Å²) in [6.07, 6.45) is 0. The highest BCUT2D eigenvalue weighted by Crippen LogP contribution is 2.31. The summed E-state index contributed by atoms with van der Waals surface area (Å²) in [6.45, 7) is 4.51. The fraction of sp³-hybridized carbons (Fsp3) is 0.227. The molecule has 3 rings (SSSR count). The molecule has 1 aromatic heterocycles. The molecule has 1 heterocycles. The molecule has 2 aromatic carbocycles. The monoisotopic (exact) mass is 415 g/mol. The van der Waals surface area contributed by atoms with Crippen LogP contribution in [0, 0.1) is 0 Å². The molecule has 6 nitrogen and oxygen atoms in total. The molecule has 0 bridgehead atoms. The smallest absolute Gasteiger partial charge is 0.255 e. The number of nitrogens with one attached hydrogen (secondary N) is 1. The molecule has 0 aliphatic carbocycles. The van der Waals surface area contributed by atoms with Gasteiger partial charge in [-0.15, -0.1) is 0 Å². The topological polar surface area (TPSA) is 80.9 Å². The zero-order chi connectivity index (χ0) is 20.8. The van der Waals surface area contributed by atoms with Crippen molar-refractivity contribution >= 4 is 23.2 Å². The normalized spacial score (nSPS) is 10.6. The third kappa shape index (κ3) is 5.10. The van der Waals surface area contributed by atoms with Gasteiger partial charge in [0.1, 0.15) is 29.6 Å². The lowest BCUT2D eigenvalue weighted by atomic mass is 10.1. The van der Waals surface area contributed by atoms with Crippen molar-refractivity contribution in [2.24, 2.45) is 0 Å². The van der Waals surface area contributed by atoms with Crippen molar-refractivity contribution in [3.05, 3.63) is 64.9 Å². The van der Waals surface area contributed by atoms with E-state index in [2.05, 4.69) is 5.32 Å². The van der Waals surface area contributed by atoms with Crippen LogP contribution in [0.15, 0.2) is 52.9 Å². The molecule has 152 valence electrons. The van der Waals surface area contributed by atoms with Crippen LogP contribution in [0.4, 0.5) is 5.69 Å². The number of halogens is 1. The maximum absolute atomic E-state index is 12.8. The van der Waals surface area contributed by atoms with Crippen molar-refractivity contribution in [1.29, 1.82) is 0 Å². The van der Waals surface area contributed by atoms with Gasteiger partial charge in [-0.1, -0.05) is 11.6 Å². The summed E-state index contributed by atoms with van der Waals surface area (Å²) < 4.78 is 16.6. The number of aliphatic hydroxyl groups excluding tert-OH is 1. The average molecular weight is 416 g/mol. The number of hydrogen-bond acceptors (Lipinski definition) is 5. The van der Waals surface area contributed by atoms with Crippen LogP contribution >= 0.6 is 11.6 Å². The van der Waals surface area contributed by atoms with Crippen LogP contribution < -0.4 is 14.8 Å². The van der Waals surface area contributed by atoms with Gasteiger partial charge in [0.25, 0.3) is 5.91 Å². The third-order valence-corrected chi connectivity index (χ3v) is 4.41. The Hall–Kier alpha value is -2.96. The van der Waals surface area contributed by atoms with Crippen LogP contribution in [0.1, 0.15) is 30.0 Å². The summed E-state index contributed by atoms with van der Waals surface area (Å²) in [4.78, 5) is 12.8. The van der Waals surface area contributed by atoms with Gasteiger partial charge in [0.15, 0.2) is 0 Å². The molecule has 0 saturated heterocycles. The first-order chi connectivity index (χ1) is 14.0. The van der Waals surface area contributed by atoms with Gasteiger partial charge in [-0.3, -0.25) is 4.79 Å². The van der Waals surface area contributed by atoms with E-state index in [1.165, 1.54) is 0 Å². The molecule has 0 fully saturated rings. The standard InChI is InChI=1S/C22H22ClNO5/c1-3-27-17-9-15(10-18(12-17)28-4-2)22(26)24-20-11-14(5-7-19(20)23)21-8-6-16(13-25)29-21/h5-12,25H,3-4,13H2,1-2H3,(H,24,26). The van der Waals surface area contributed by atoms with Crippen molar-refractivity contribution in [2.75, 3.05) is 18.5 Å². The Balaban J connectivity index is 1.87. The number of carbonyl (C=O) groups excluding carboxylic acids is 1. The fourth-order valence-corrected chi connectivity index (χ4v) is 2.95. The summed E-state index contributed by atoms with van der Waals surface area (Å²) in [5.74, 6) is 1.78. The number of ether oxygens (including phenoxy) is 2. The molecule has 3 aromatic rings. The van der Waals surface area contributed by atoms with Crippen LogP contribution in [-0.4, -0.2) is 24.2 Å². The number of benzene rings is 2. The van der Waals surface area contributed by atoms with Crippen molar-refractivity contribution in [3.63, 3.8) is 0 Å². The minimum Gasteiger partial charge on any atom is -0.494 e. The summed E-state index contributed by atoms with van der Waals surface area (Å²) >= 11 is 6.27. The Labute approximate surface area is 174 Å². The second-order valence-electron chi connectivity index (χ2n) is 6.13. The number of rotatable bonds is 8. The first-order valence-corrected chi connectivity index (χ1v) is 9.63. The van der Waals surface area contributed by atoms with Crippen molar-refractivity contribution in [1.82, 2.24) is 0 Å². The molecular weight excluding hydrogens is 394 g/mol. The zero-order valence-corrected chi connectivity index (χ0v) is 17.0. The largest absolute Gasteiger partial charge is 0.494 e. The van der Waals surface area contributed by atoms with E-state index in [1.54, 1.807) is 48.5 Å². The first-order valence-electron chi connectivity index (χ1n) is 9.25. The van der Waals surface area contributed by atoms with E-state index in [-0.39, 0.29) is 12.5 Å². The van der Waals surface area contributed by atoms with Crippen molar-refractivity contribution in [2.45, 2.75) is 20.5 Å². The highest BCUT2D eigenvalue weighted by molar-refractivity contribution is 6.34. The molecule has 29 heavy (non-hydrogen) atoms. The Kier molecular flexibility index (Phi) is 6.80. The van der Waals surface area contributed by atoms with Gasteiger partial charge in [-0.05, 0) is 56.3 Å². The maximum atomic E-state index is 12.8. The number of amides is 1. The SMILES string of the molecule is CCOc1cc(OCC)cc(C(=O)Nc2cc(-c3ccc(CO)o3)ccc2Cl)c1. The molecule has 0 radical (unpaired) electrons. The van der Waals surface area contributed by atoms with Gasteiger partial charge >= 0.3 is 0 Å². The van der Waals surface area contributed by atoms with E-state index in [0.717, 1.165) is 5.56 Å². The van der Waals surface area contributed by atoms with Crippen molar-refractivity contribution in [3.8, 4) is 22.8 Å². The lowest BCUT2D eigenvalue weighted by Crippen LogP contribution is -2.13. The van der Waals surface area contributed by atoms with Crippen LogP contribution in [-0.2, 0) is 6.61 Å². The molecule has 0 aliphatic heterocycles. The molecule has 0 atom stereocenters. The van der Waals surface area contributed by atoms with Gasteiger partial charge in [0.05, 0.1) is 23.9 Å². The molecule has 0 unspecified atom stereocenters. The lowest BCUT2D eigenvalue weighted by Gasteiger charge is -2.12. The first kappa shape index (κ1) is 20.8. The summed E-state index contributed by atoms with van der Waals surface area (Å²) in [5.41, 5.74) is 1.56. The summed E-state index contributed by atoms with van der Waals surface area (Å²) in [5, 5.41) is 12.4. The molecule has 2 N–H and O–H groups in total. The van der Waals surface area contributed by atoms with Gasteiger partial charge in [0, 0.05) is 17.2 Å². The van der Waals surface area contributed by atoms with E-state index >= 15 is 0 Å². The van der Waals surface area contributed by atoms with E-state index in [0.29, 0.717) is 52.5 Å². The number of anilines is 1. The second-order valence-corrected chi connectivity index (χ2v) is 6.54. The van der Waals surface area contributed by atoms with Crippen molar-refractivity contribution < 1.29 is 23.8 Å².